The molecule has 2 atom stereocenters. The summed E-state index contributed by atoms with van der Waals surface area (Å²) in [4.78, 5) is 19.3. The molecule has 1 aromatic heterocycles. The predicted molar refractivity (Wildman–Crippen MR) is 56.0 cm³/mol. The van der Waals surface area contributed by atoms with Crippen molar-refractivity contribution in [3.8, 4) is 0 Å². The van der Waals surface area contributed by atoms with E-state index in [1.165, 1.54) is 18.8 Å². The Morgan fingerprint density at radius 1 is 1.60 bits per heavy atom. The summed E-state index contributed by atoms with van der Waals surface area (Å²) in [5.41, 5.74) is 5.75. The van der Waals surface area contributed by atoms with Gasteiger partial charge in [0.05, 0.1) is 0 Å². The first kappa shape index (κ1) is 9.89. The molecule has 1 saturated carbocycles. The molecule has 1 fully saturated rings. The van der Waals surface area contributed by atoms with Gasteiger partial charge in [0.2, 0.25) is 0 Å². The maximum absolute atomic E-state index is 11.6. The van der Waals surface area contributed by atoms with E-state index < -0.39 is 0 Å². The summed E-state index contributed by atoms with van der Waals surface area (Å²) >= 11 is 0. The van der Waals surface area contributed by atoms with Crippen molar-refractivity contribution in [3.63, 3.8) is 0 Å². The number of nitrogen functional groups attached to an aromatic ring is 1. The van der Waals surface area contributed by atoms with Gasteiger partial charge in [-0.2, -0.15) is 0 Å². The van der Waals surface area contributed by atoms with Gasteiger partial charge in [-0.15, -0.1) is 0 Å². The molecule has 15 heavy (non-hydrogen) atoms. The van der Waals surface area contributed by atoms with Crippen LogP contribution in [-0.4, -0.2) is 22.4 Å². The second kappa shape index (κ2) is 3.84. The van der Waals surface area contributed by atoms with Crippen LogP contribution in [0, 0.1) is 11.8 Å². The number of carbonyl (C=O) groups excluding carboxylic acids is 1. The average molecular weight is 206 g/mol. The molecule has 1 heterocycles. The molecule has 0 aliphatic heterocycles. The number of anilines is 1. The zero-order valence-electron chi connectivity index (χ0n) is 8.60. The Bertz CT molecular complexity index is 379. The van der Waals surface area contributed by atoms with Crippen molar-refractivity contribution in [2.75, 3.05) is 12.3 Å². The van der Waals surface area contributed by atoms with E-state index in [0.717, 1.165) is 5.92 Å². The third kappa shape index (κ3) is 2.23. The topological polar surface area (TPSA) is 80.9 Å². The smallest absolute Gasteiger partial charge is 0.273 e. The van der Waals surface area contributed by atoms with Gasteiger partial charge in [-0.1, -0.05) is 6.92 Å². The maximum Gasteiger partial charge on any atom is 0.273 e. The van der Waals surface area contributed by atoms with E-state index in [-0.39, 0.29) is 17.4 Å². The van der Waals surface area contributed by atoms with E-state index >= 15 is 0 Å². The van der Waals surface area contributed by atoms with Crippen LogP contribution in [0.5, 0.6) is 0 Å². The van der Waals surface area contributed by atoms with E-state index in [2.05, 4.69) is 22.2 Å². The molecule has 5 heteroatoms. The number of amides is 1. The van der Waals surface area contributed by atoms with Gasteiger partial charge in [-0.25, -0.2) is 9.97 Å². The Morgan fingerprint density at radius 3 is 2.87 bits per heavy atom. The molecule has 0 spiro atoms. The zero-order chi connectivity index (χ0) is 10.8. The van der Waals surface area contributed by atoms with Crippen LogP contribution >= 0.6 is 0 Å². The molecular formula is C10H14N4O. The normalized spacial score (nSPS) is 23.5. The number of hydrogen-bond donors (Lipinski definition) is 2. The molecule has 0 aromatic carbocycles. The van der Waals surface area contributed by atoms with Crippen LogP contribution in [-0.2, 0) is 0 Å². The number of hydrogen-bond acceptors (Lipinski definition) is 4. The molecule has 0 saturated heterocycles. The standard InChI is InChI=1S/C10H14N4O/c1-6-4-7(6)5-14-10(15)8-9(11)13-3-2-12-8/h2-3,6-7H,4-5H2,1H3,(H2,11,13)(H,14,15)/t6-,7+/m0/s1. The van der Waals surface area contributed by atoms with E-state index in [0.29, 0.717) is 12.5 Å². The van der Waals surface area contributed by atoms with E-state index in [1.807, 2.05) is 0 Å². The summed E-state index contributed by atoms with van der Waals surface area (Å²) in [7, 11) is 0. The van der Waals surface area contributed by atoms with Crippen LogP contribution in [0.15, 0.2) is 12.4 Å². The number of carbonyl (C=O) groups is 1. The highest BCUT2D eigenvalue weighted by molar-refractivity contribution is 5.96. The number of aromatic nitrogens is 2. The van der Waals surface area contributed by atoms with Gasteiger partial charge in [0, 0.05) is 18.9 Å². The SMILES string of the molecule is C[C@H]1C[C@@H]1CNC(=O)c1nccnc1N. The van der Waals surface area contributed by atoms with Crippen LogP contribution in [0.3, 0.4) is 0 Å². The third-order valence-corrected chi connectivity index (χ3v) is 2.74. The van der Waals surface area contributed by atoms with Gasteiger partial charge in [0.15, 0.2) is 11.5 Å². The fourth-order valence-corrected chi connectivity index (χ4v) is 1.51. The van der Waals surface area contributed by atoms with Crippen molar-refractivity contribution in [2.45, 2.75) is 13.3 Å². The Kier molecular flexibility index (Phi) is 2.53. The molecule has 80 valence electrons. The monoisotopic (exact) mass is 206 g/mol. The first-order chi connectivity index (χ1) is 7.18. The number of nitrogens with two attached hydrogens (primary N) is 1. The minimum atomic E-state index is -0.236. The summed E-state index contributed by atoms with van der Waals surface area (Å²) in [5, 5.41) is 2.81. The lowest BCUT2D eigenvalue weighted by molar-refractivity contribution is 0.0947. The summed E-state index contributed by atoms with van der Waals surface area (Å²) in [6.45, 7) is 2.88. The first-order valence-corrected chi connectivity index (χ1v) is 5.03. The predicted octanol–water partition coefficient (Wildman–Crippen LogP) is 0.445. The summed E-state index contributed by atoms with van der Waals surface area (Å²) in [5.74, 6) is 1.29. The van der Waals surface area contributed by atoms with E-state index in [1.54, 1.807) is 0 Å². The summed E-state index contributed by atoms with van der Waals surface area (Å²) in [6.07, 6.45) is 4.12. The molecule has 0 radical (unpaired) electrons. The summed E-state index contributed by atoms with van der Waals surface area (Å²) < 4.78 is 0. The Balaban J connectivity index is 1.93. The van der Waals surface area contributed by atoms with Crippen molar-refractivity contribution in [1.82, 2.24) is 15.3 Å². The second-order valence-electron chi connectivity index (χ2n) is 3.97. The van der Waals surface area contributed by atoms with Crippen LogP contribution in [0.2, 0.25) is 0 Å². The Labute approximate surface area is 88.1 Å². The summed E-state index contributed by atoms with van der Waals surface area (Å²) in [6, 6.07) is 0. The van der Waals surface area contributed by atoms with Crippen molar-refractivity contribution < 1.29 is 4.79 Å². The molecule has 3 N–H and O–H groups in total. The largest absolute Gasteiger partial charge is 0.382 e. The maximum atomic E-state index is 11.6. The van der Waals surface area contributed by atoms with E-state index in [9.17, 15) is 4.79 Å². The van der Waals surface area contributed by atoms with Crippen molar-refractivity contribution in [3.05, 3.63) is 18.1 Å². The van der Waals surface area contributed by atoms with Crippen LogP contribution < -0.4 is 11.1 Å². The Morgan fingerprint density at radius 2 is 2.27 bits per heavy atom. The van der Waals surface area contributed by atoms with Gasteiger partial charge >= 0.3 is 0 Å². The van der Waals surface area contributed by atoms with Crippen LogP contribution in [0.1, 0.15) is 23.8 Å². The number of rotatable bonds is 3. The fraction of sp³-hybridized carbons (Fsp3) is 0.500. The van der Waals surface area contributed by atoms with E-state index in [4.69, 9.17) is 5.73 Å². The lowest BCUT2D eigenvalue weighted by Crippen LogP contribution is -2.27. The fourth-order valence-electron chi connectivity index (χ4n) is 1.51. The molecule has 0 unspecified atom stereocenters. The lowest BCUT2D eigenvalue weighted by atomic mass is 10.3. The van der Waals surface area contributed by atoms with Gasteiger partial charge < -0.3 is 11.1 Å². The highest BCUT2D eigenvalue weighted by Crippen LogP contribution is 2.36. The minimum Gasteiger partial charge on any atom is -0.382 e. The molecule has 1 aliphatic carbocycles. The van der Waals surface area contributed by atoms with Gasteiger partial charge in [-0.05, 0) is 18.3 Å². The molecule has 1 aromatic rings. The zero-order valence-corrected chi connectivity index (χ0v) is 8.60. The van der Waals surface area contributed by atoms with Gasteiger partial charge in [-0.3, -0.25) is 4.79 Å². The van der Waals surface area contributed by atoms with Gasteiger partial charge in [0.1, 0.15) is 0 Å². The highest BCUT2D eigenvalue weighted by Gasteiger charge is 2.32. The average Bonchev–Trinajstić information content (AvgIpc) is 2.92. The van der Waals surface area contributed by atoms with Crippen LogP contribution in [0.4, 0.5) is 5.82 Å². The molecule has 2 rings (SSSR count). The second-order valence-corrected chi connectivity index (χ2v) is 3.97. The van der Waals surface area contributed by atoms with Crippen molar-refractivity contribution in [2.24, 2.45) is 11.8 Å². The first-order valence-electron chi connectivity index (χ1n) is 5.03. The van der Waals surface area contributed by atoms with Crippen molar-refractivity contribution >= 4 is 11.7 Å². The molecule has 1 aliphatic rings. The molecule has 1 amide bonds. The molecular weight excluding hydrogens is 192 g/mol. The number of nitrogens with zero attached hydrogens (tertiary/aromatic N) is 2. The highest BCUT2D eigenvalue weighted by atomic mass is 16.1. The minimum absolute atomic E-state index is 0.179. The Hall–Kier alpha value is -1.65. The molecule has 0 bridgehead atoms. The van der Waals surface area contributed by atoms with Crippen molar-refractivity contribution in [1.29, 1.82) is 0 Å². The lowest BCUT2D eigenvalue weighted by Gasteiger charge is -2.04. The number of nitrogens with one attached hydrogen (secondary N) is 1. The van der Waals surface area contributed by atoms with Gasteiger partial charge in [0.25, 0.3) is 5.91 Å². The quantitative estimate of drug-likeness (QED) is 0.752. The molecule has 5 nitrogen and oxygen atoms in total. The third-order valence-electron chi connectivity index (χ3n) is 2.74. The van der Waals surface area contributed by atoms with Crippen LogP contribution in [0.25, 0.3) is 0 Å².